The van der Waals surface area contributed by atoms with Gasteiger partial charge in [0.15, 0.2) is 23.3 Å². The van der Waals surface area contributed by atoms with E-state index >= 15 is 0 Å². The molecule has 4 aliphatic heterocycles. The topological polar surface area (TPSA) is 159 Å². The Morgan fingerprint density at radius 3 is 1.22 bits per heavy atom. The van der Waals surface area contributed by atoms with Crippen molar-refractivity contribution in [2.24, 2.45) is 9.98 Å². The zero-order chi connectivity index (χ0) is 42.1. The number of dihydropyridines is 2. The summed E-state index contributed by atoms with van der Waals surface area (Å²) < 4.78 is 0. The number of H-pyrrole nitrogens is 2. The highest BCUT2D eigenvalue weighted by Gasteiger charge is 2.27. The molecule has 2 N–H and O–H groups in total. The quantitative estimate of drug-likeness (QED) is 0.177. The van der Waals surface area contributed by atoms with E-state index < -0.39 is 0 Å². The minimum Gasteiger partial charge on any atom is -0.324 e. The highest BCUT2D eigenvalue weighted by atomic mass is 15.1. The number of hydrogen-bond donors (Lipinski definition) is 2. The van der Waals surface area contributed by atoms with Crippen molar-refractivity contribution in [3.63, 3.8) is 0 Å². The van der Waals surface area contributed by atoms with Crippen molar-refractivity contribution in [3.8, 4) is 67.8 Å². The van der Waals surface area contributed by atoms with E-state index in [9.17, 15) is 0 Å². The molecule has 0 atom stereocenters. The van der Waals surface area contributed by atoms with Gasteiger partial charge in [0, 0.05) is 94.1 Å². The zero-order valence-electron chi connectivity index (χ0n) is 34.2. The summed E-state index contributed by atoms with van der Waals surface area (Å²) in [4.78, 5) is 57.4. The Morgan fingerprint density at radius 1 is 0.375 bits per heavy atom. The molecule has 9 heterocycles. The van der Waals surface area contributed by atoms with Gasteiger partial charge in [0.05, 0.1) is 0 Å². The second-order valence-corrected chi connectivity index (χ2v) is 16.0. The number of benzene rings is 4. The Bertz CT molecular complexity index is 3480. The molecule has 0 saturated carbocycles. The second-order valence-electron chi connectivity index (χ2n) is 16.0. The molecule has 0 unspecified atom stereocenters. The van der Waals surface area contributed by atoms with Gasteiger partial charge in [-0.15, -0.1) is 0 Å². The molecule has 0 amide bonds. The first kappa shape index (κ1) is 36.1. The number of pyridine rings is 2. The smallest absolute Gasteiger partial charge is 0.165 e. The molecule has 64 heavy (non-hydrogen) atoms. The molecule has 0 aliphatic carbocycles. The third-order valence-electron chi connectivity index (χ3n) is 12.4. The van der Waals surface area contributed by atoms with Crippen LogP contribution in [-0.4, -0.2) is 75.4 Å². The van der Waals surface area contributed by atoms with Crippen LogP contribution >= 0.6 is 0 Å². The van der Waals surface area contributed by atoms with Crippen LogP contribution in [0.4, 0.5) is 0 Å². The van der Waals surface area contributed by atoms with Crippen LogP contribution < -0.4 is 0 Å². The van der Waals surface area contributed by atoms with Crippen LogP contribution in [0.25, 0.3) is 123 Å². The van der Waals surface area contributed by atoms with Gasteiger partial charge in [0.2, 0.25) is 0 Å². The summed E-state index contributed by atoms with van der Waals surface area (Å²) in [5, 5.41) is 3.70. The lowest BCUT2D eigenvalue weighted by Gasteiger charge is -2.10. The van der Waals surface area contributed by atoms with Crippen molar-refractivity contribution in [2.45, 2.75) is 12.8 Å². The summed E-state index contributed by atoms with van der Waals surface area (Å²) in [6.07, 6.45) is 16.8. The van der Waals surface area contributed by atoms with Crippen molar-refractivity contribution in [3.05, 3.63) is 145 Å². The molecular weight excluding hydrogens is 793 g/mol. The van der Waals surface area contributed by atoms with Gasteiger partial charge >= 0.3 is 0 Å². The monoisotopic (exact) mass is 826 g/mol. The van der Waals surface area contributed by atoms with Gasteiger partial charge in [0.25, 0.3) is 0 Å². The van der Waals surface area contributed by atoms with Crippen molar-refractivity contribution >= 4 is 67.7 Å². The Balaban J connectivity index is 1.22. The van der Waals surface area contributed by atoms with Crippen molar-refractivity contribution < 1.29 is 0 Å². The maximum Gasteiger partial charge on any atom is 0.165 e. The Hall–Kier alpha value is -8.64. The molecule has 8 bridgehead atoms. The van der Waals surface area contributed by atoms with E-state index in [0.717, 1.165) is 90.0 Å². The van der Waals surface area contributed by atoms with Gasteiger partial charge in [-0.05, 0) is 93.8 Å². The van der Waals surface area contributed by atoms with E-state index in [-0.39, 0.29) is 0 Å². The van der Waals surface area contributed by atoms with Gasteiger partial charge in [-0.2, -0.15) is 0 Å². The van der Waals surface area contributed by atoms with Gasteiger partial charge in [0.1, 0.15) is 22.6 Å². The maximum absolute atomic E-state index is 5.45. The number of aromatic amines is 2. The van der Waals surface area contributed by atoms with Crippen LogP contribution in [-0.2, 0) is 0 Å². The number of hydrogen-bond acceptors (Lipinski definition) is 10. The number of allylic oxidation sites excluding steroid dienone is 2. The lowest BCUT2D eigenvalue weighted by atomic mass is 9.96. The number of aliphatic imine (C=N–C) groups is 2. The van der Waals surface area contributed by atoms with E-state index in [2.05, 4.69) is 115 Å². The number of nitrogens with one attached hydrogen (secondary N) is 2. The standard InChI is InChI=1S/C52H34N12/c1-5-33(29-13-21-53-22-14-29)41-37(9-1)45-57-49(41)62-46-39-11-3-7-35(31-17-25-55-26-18-31)43(39)51(59-46)64-48-40-12-4-8-36(32-19-27-56-28-20-32)44(40)52(60-48)63-47-38-10-2-6-34(30-15-23-54-24-16-30)42(38)50(58-47)61-45/h1-15,17,19-23,25,27-28H,16,18,24,26H2,(H2,57,58,59,60,61,62,63,64). The number of rotatable bonds is 4. The van der Waals surface area contributed by atoms with E-state index in [1.807, 2.05) is 36.7 Å². The Kier molecular flexibility index (Phi) is 8.16. The summed E-state index contributed by atoms with van der Waals surface area (Å²) in [6, 6.07) is 33.1. The average molecular weight is 827 g/mol. The number of fused-ring (bicyclic) bond motifs is 20. The fourth-order valence-electron chi connectivity index (χ4n) is 9.48. The second kappa shape index (κ2) is 14.5. The number of nitrogens with zero attached hydrogens (tertiary/aromatic N) is 10. The third-order valence-corrected chi connectivity index (χ3v) is 12.4. The number of aromatic nitrogens is 10. The summed E-state index contributed by atoms with van der Waals surface area (Å²) in [7, 11) is 0. The zero-order valence-corrected chi connectivity index (χ0v) is 34.2. The maximum atomic E-state index is 5.45. The largest absolute Gasteiger partial charge is 0.324 e. The predicted octanol–water partition coefficient (Wildman–Crippen LogP) is 10.7. The van der Waals surface area contributed by atoms with Crippen molar-refractivity contribution in [1.82, 2.24) is 49.8 Å². The molecule has 0 saturated heterocycles. The van der Waals surface area contributed by atoms with Gasteiger partial charge < -0.3 is 9.97 Å². The minimum absolute atomic E-state index is 0.533. The Morgan fingerprint density at radius 2 is 0.781 bits per heavy atom. The molecule has 302 valence electrons. The highest BCUT2D eigenvalue weighted by Crippen LogP contribution is 2.44. The molecule has 5 aromatic heterocycles. The first-order valence-electron chi connectivity index (χ1n) is 21.3. The molecule has 0 radical (unpaired) electrons. The average Bonchev–Trinajstić information content (AvgIpc) is 4.11. The third kappa shape index (κ3) is 5.76. The van der Waals surface area contributed by atoms with E-state index in [4.69, 9.17) is 29.9 Å². The molecule has 9 aromatic rings. The van der Waals surface area contributed by atoms with E-state index in [1.165, 1.54) is 11.1 Å². The van der Waals surface area contributed by atoms with E-state index in [1.54, 1.807) is 24.8 Å². The molecule has 0 fully saturated rings. The van der Waals surface area contributed by atoms with Gasteiger partial charge in [-0.1, -0.05) is 72.8 Å². The fraction of sp³-hybridized carbons (Fsp3) is 0.0769. The Labute approximate surface area is 365 Å². The first-order valence-corrected chi connectivity index (χ1v) is 21.3. The molecule has 0 spiro atoms. The van der Waals surface area contributed by atoms with Crippen molar-refractivity contribution in [1.29, 1.82) is 0 Å². The predicted molar refractivity (Wildman–Crippen MR) is 254 cm³/mol. The molecule has 13 rings (SSSR count). The molecular formula is C52H34N12. The summed E-state index contributed by atoms with van der Waals surface area (Å²) in [5.41, 5.74) is 14.4. The lowest BCUT2D eigenvalue weighted by Crippen LogP contribution is -1.95. The highest BCUT2D eigenvalue weighted by molar-refractivity contribution is 6.13. The molecule has 12 heteroatoms. The molecule has 12 nitrogen and oxygen atoms in total. The van der Waals surface area contributed by atoms with Crippen LogP contribution in [0.15, 0.2) is 144 Å². The summed E-state index contributed by atoms with van der Waals surface area (Å²) in [6.45, 7) is 1.42. The van der Waals surface area contributed by atoms with Crippen LogP contribution in [0.2, 0.25) is 0 Å². The summed E-state index contributed by atoms with van der Waals surface area (Å²) >= 11 is 0. The molecule has 4 aliphatic rings. The van der Waals surface area contributed by atoms with E-state index in [0.29, 0.717) is 59.0 Å². The van der Waals surface area contributed by atoms with Gasteiger partial charge in [-0.3, -0.25) is 20.0 Å². The SMILES string of the molecule is C1=NCCC(c2cccc3c4nc5nc(nc6[nH]c(nc7nc(nc([nH]4)c23)-c2cccc(-c3ccncc3)c2-7)c2cccc(C3=CC=NCC3)c62)-c2cccc(-c3ccncc3)c2-5)=C1. The van der Waals surface area contributed by atoms with Crippen molar-refractivity contribution in [2.75, 3.05) is 13.1 Å². The van der Waals surface area contributed by atoms with Crippen LogP contribution in [0.3, 0.4) is 0 Å². The first-order chi connectivity index (χ1) is 31.7. The summed E-state index contributed by atoms with van der Waals surface area (Å²) in [5.74, 6) is 2.14. The molecule has 4 aromatic carbocycles. The normalized spacial score (nSPS) is 14.1. The van der Waals surface area contributed by atoms with Crippen LogP contribution in [0.1, 0.15) is 24.0 Å². The lowest BCUT2D eigenvalue weighted by molar-refractivity contribution is 1.02. The fourth-order valence-corrected chi connectivity index (χ4v) is 9.48. The van der Waals surface area contributed by atoms with Gasteiger partial charge in [-0.25, -0.2) is 29.9 Å². The van der Waals surface area contributed by atoms with Crippen LogP contribution in [0.5, 0.6) is 0 Å². The minimum atomic E-state index is 0.533. The van der Waals surface area contributed by atoms with Crippen LogP contribution in [0, 0.1) is 0 Å².